The average molecular weight is 301 g/mol. The summed E-state index contributed by atoms with van der Waals surface area (Å²) in [5.41, 5.74) is 1.37. The molecule has 0 fully saturated rings. The second kappa shape index (κ2) is 5.10. The molecule has 106 valence electrons. The van der Waals surface area contributed by atoms with E-state index in [9.17, 15) is 13.2 Å². The number of nitrogens with zero attached hydrogens (tertiary/aromatic N) is 2. The number of sulfone groups is 1. The van der Waals surface area contributed by atoms with Crippen molar-refractivity contribution in [3.05, 3.63) is 48.5 Å². The Kier molecular flexibility index (Phi) is 3.26. The predicted octanol–water partition coefficient (Wildman–Crippen LogP) is 2.83. The molecule has 1 N–H and O–H groups in total. The summed E-state index contributed by atoms with van der Waals surface area (Å²) < 4.78 is 24.0. The van der Waals surface area contributed by atoms with Gasteiger partial charge in [-0.1, -0.05) is 18.2 Å². The lowest BCUT2D eigenvalue weighted by Gasteiger charge is -2.16. The molecule has 2 aromatic rings. The van der Waals surface area contributed by atoms with Crippen LogP contribution in [0.5, 0.6) is 0 Å². The van der Waals surface area contributed by atoms with Crippen LogP contribution in [-0.4, -0.2) is 20.1 Å². The van der Waals surface area contributed by atoms with Crippen molar-refractivity contribution in [1.29, 1.82) is 0 Å². The minimum absolute atomic E-state index is 0.0756. The Hall–Kier alpha value is -2.54. The highest BCUT2D eigenvalue weighted by Gasteiger charge is 2.28. The molecule has 1 amide bonds. The molecule has 1 aliphatic heterocycles. The number of carbonyl (C=O) groups is 1. The highest BCUT2D eigenvalue weighted by Crippen LogP contribution is 2.31. The topological polar surface area (TPSA) is 88.0 Å². The second-order valence-corrected chi connectivity index (χ2v) is 6.48. The third kappa shape index (κ3) is 2.82. The first-order valence-electron chi connectivity index (χ1n) is 6.18. The minimum Gasteiger partial charge on any atom is -0.324 e. The van der Waals surface area contributed by atoms with Crippen molar-refractivity contribution in [1.82, 2.24) is 0 Å². The van der Waals surface area contributed by atoms with E-state index in [4.69, 9.17) is 0 Å². The van der Waals surface area contributed by atoms with Gasteiger partial charge in [0.05, 0.1) is 22.0 Å². The van der Waals surface area contributed by atoms with Crippen molar-refractivity contribution in [2.75, 3.05) is 11.1 Å². The fraction of sp³-hybridized carbons (Fsp3) is 0.0714. The number of rotatable bonds is 2. The van der Waals surface area contributed by atoms with E-state index in [0.717, 1.165) is 0 Å². The first kappa shape index (κ1) is 13.4. The van der Waals surface area contributed by atoms with Crippen molar-refractivity contribution < 1.29 is 13.2 Å². The third-order valence-electron chi connectivity index (χ3n) is 2.93. The molecule has 0 saturated heterocycles. The lowest BCUT2D eigenvalue weighted by atomic mass is 10.3. The number of carbonyl (C=O) groups excluding carboxylic acids is 1. The van der Waals surface area contributed by atoms with Crippen molar-refractivity contribution in [2.45, 2.75) is 4.90 Å². The summed E-state index contributed by atoms with van der Waals surface area (Å²) in [5.74, 6) is -1.07. The first-order valence-corrected chi connectivity index (χ1v) is 7.83. The van der Waals surface area contributed by atoms with Crippen molar-refractivity contribution >= 4 is 32.8 Å². The SMILES string of the molecule is O=C1CS(=O)(=O)c2cc(/N=N/c3ccccc3)ccc2N1. The molecule has 0 aromatic heterocycles. The highest BCUT2D eigenvalue weighted by atomic mass is 32.2. The first-order chi connectivity index (χ1) is 10.0. The Morgan fingerprint density at radius 1 is 0.952 bits per heavy atom. The van der Waals surface area contributed by atoms with Gasteiger partial charge in [0.15, 0.2) is 9.84 Å². The molecular weight excluding hydrogens is 290 g/mol. The van der Waals surface area contributed by atoms with Crippen LogP contribution in [0.3, 0.4) is 0 Å². The number of benzene rings is 2. The van der Waals surface area contributed by atoms with Gasteiger partial charge < -0.3 is 5.32 Å². The van der Waals surface area contributed by atoms with E-state index < -0.39 is 21.5 Å². The maximum atomic E-state index is 12.0. The zero-order chi connectivity index (χ0) is 14.9. The molecule has 2 aromatic carbocycles. The van der Waals surface area contributed by atoms with Crippen LogP contribution in [0, 0.1) is 0 Å². The van der Waals surface area contributed by atoms with E-state index in [1.807, 2.05) is 18.2 Å². The fourth-order valence-electron chi connectivity index (χ4n) is 1.98. The molecule has 0 radical (unpaired) electrons. The minimum atomic E-state index is -3.61. The van der Waals surface area contributed by atoms with E-state index in [2.05, 4.69) is 15.5 Å². The van der Waals surface area contributed by atoms with E-state index in [-0.39, 0.29) is 10.6 Å². The Labute approximate surface area is 121 Å². The van der Waals surface area contributed by atoms with E-state index in [1.165, 1.54) is 12.1 Å². The number of hydrogen-bond acceptors (Lipinski definition) is 5. The van der Waals surface area contributed by atoms with E-state index in [1.54, 1.807) is 18.2 Å². The Morgan fingerprint density at radius 3 is 2.43 bits per heavy atom. The van der Waals surface area contributed by atoms with Gasteiger partial charge in [-0.25, -0.2) is 8.42 Å². The van der Waals surface area contributed by atoms with Crippen molar-refractivity contribution in [2.24, 2.45) is 10.2 Å². The molecule has 0 aliphatic carbocycles. The van der Waals surface area contributed by atoms with Crippen LogP contribution >= 0.6 is 0 Å². The molecule has 1 heterocycles. The van der Waals surface area contributed by atoms with Gasteiger partial charge in [0, 0.05) is 0 Å². The second-order valence-electron chi connectivity index (χ2n) is 4.52. The molecule has 0 spiro atoms. The van der Waals surface area contributed by atoms with Crippen LogP contribution < -0.4 is 5.32 Å². The van der Waals surface area contributed by atoms with E-state index in [0.29, 0.717) is 11.4 Å². The van der Waals surface area contributed by atoms with Crippen LogP contribution in [0.4, 0.5) is 17.1 Å². The van der Waals surface area contributed by atoms with Gasteiger partial charge in [0.2, 0.25) is 5.91 Å². The molecule has 0 atom stereocenters. The fourth-order valence-corrected chi connectivity index (χ4v) is 3.31. The highest BCUT2D eigenvalue weighted by molar-refractivity contribution is 7.92. The van der Waals surface area contributed by atoms with Gasteiger partial charge >= 0.3 is 0 Å². The van der Waals surface area contributed by atoms with Gasteiger partial charge in [0.25, 0.3) is 0 Å². The number of anilines is 1. The Balaban J connectivity index is 1.97. The molecule has 21 heavy (non-hydrogen) atoms. The predicted molar refractivity (Wildman–Crippen MR) is 77.7 cm³/mol. The number of fused-ring (bicyclic) bond motifs is 1. The average Bonchev–Trinajstić information content (AvgIpc) is 2.45. The molecule has 0 bridgehead atoms. The maximum Gasteiger partial charge on any atom is 0.239 e. The monoisotopic (exact) mass is 301 g/mol. The van der Waals surface area contributed by atoms with Crippen LogP contribution in [0.2, 0.25) is 0 Å². The van der Waals surface area contributed by atoms with Gasteiger partial charge in [-0.15, -0.1) is 0 Å². The largest absolute Gasteiger partial charge is 0.324 e. The molecule has 3 rings (SSSR count). The summed E-state index contributed by atoms with van der Waals surface area (Å²) in [6.07, 6.45) is 0. The van der Waals surface area contributed by atoms with Crippen LogP contribution in [0.25, 0.3) is 0 Å². The van der Waals surface area contributed by atoms with Gasteiger partial charge in [-0.3, -0.25) is 4.79 Å². The molecule has 6 nitrogen and oxygen atoms in total. The lowest BCUT2D eigenvalue weighted by Crippen LogP contribution is -2.29. The number of amides is 1. The summed E-state index contributed by atoms with van der Waals surface area (Å²) in [6, 6.07) is 13.7. The lowest BCUT2D eigenvalue weighted by molar-refractivity contribution is -0.114. The Morgan fingerprint density at radius 2 is 1.67 bits per heavy atom. The molecule has 0 saturated carbocycles. The van der Waals surface area contributed by atoms with Gasteiger partial charge in [-0.05, 0) is 30.3 Å². The molecule has 7 heteroatoms. The summed E-state index contributed by atoms with van der Waals surface area (Å²) >= 11 is 0. The number of azo groups is 1. The summed E-state index contributed by atoms with van der Waals surface area (Å²) in [7, 11) is -3.61. The quantitative estimate of drug-likeness (QED) is 0.865. The number of nitrogens with one attached hydrogen (secondary N) is 1. The molecule has 0 unspecified atom stereocenters. The van der Waals surface area contributed by atoms with Crippen molar-refractivity contribution in [3.8, 4) is 0 Å². The van der Waals surface area contributed by atoms with Gasteiger partial charge in [0.1, 0.15) is 5.75 Å². The normalized spacial score (nSPS) is 16.5. The van der Waals surface area contributed by atoms with Gasteiger partial charge in [-0.2, -0.15) is 10.2 Å². The molecule has 1 aliphatic rings. The van der Waals surface area contributed by atoms with Crippen LogP contribution in [-0.2, 0) is 14.6 Å². The Bertz CT molecular complexity index is 830. The molecular formula is C14H11N3O3S. The smallest absolute Gasteiger partial charge is 0.239 e. The van der Waals surface area contributed by atoms with E-state index >= 15 is 0 Å². The third-order valence-corrected chi connectivity index (χ3v) is 4.58. The summed E-state index contributed by atoms with van der Waals surface area (Å²) in [6.45, 7) is 0. The van der Waals surface area contributed by atoms with Crippen molar-refractivity contribution in [3.63, 3.8) is 0 Å². The standard InChI is InChI=1S/C14H11N3O3S/c18-14-9-21(19,20)13-8-11(6-7-12(13)15-14)17-16-10-4-2-1-3-5-10/h1-8H,9H2,(H,15,18)/b17-16+. The zero-order valence-electron chi connectivity index (χ0n) is 10.9. The zero-order valence-corrected chi connectivity index (χ0v) is 11.7. The van der Waals surface area contributed by atoms with Crippen LogP contribution in [0.15, 0.2) is 63.7 Å². The summed E-state index contributed by atoms with van der Waals surface area (Å²) in [4.78, 5) is 11.4. The van der Waals surface area contributed by atoms with Crippen LogP contribution in [0.1, 0.15) is 0 Å². The number of hydrogen-bond donors (Lipinski definition) is 1. The maximum absolute atomic E-state index is 12.0. The summed E-state index contributed by atoms with van der Waals surface area (Å²) in [5, 5.41) is 10.6.